The highest BCUT2D eigenvalue weighted by molar-refractivity contribution is 5.74. The van der Waals surface area contributed by atoms with Crippen LogP contribution in [0.3, 0.4) is 0 Å². The van der Waals surface area contributed by atoms with E-state index in [1.807, 2.05) is 0 Å². The third-order valence-corrected chi connectivity index (χ3v) is 1.38. The van der Waals surface area contributed by atoms with Gasteiger partial charge in [-0.05, 0) is 20.3 Å². The van der Waals surface area contributed by atoms with Gasteiger partial charge in [-0.3, -0.25) is 9.59 Å². The number of carbonyl (C=O) groups is 2. The SMILES string of the molecule is [CH2]C(CC([CH2])NC(C)=O)NC(C)=O. The molecule has 0 saturated carbocycles. The third kappa shape index (κ3) is 7.31. The monoisotopic (exact) mass is 184 g/mol. The van der Waals surface area contributed by atoms with Crippen molar-refractivity contribution in [3.63, 3.8) is 0 Å². The molecule has 0 bridgehead atoms. The van der Waals surface area contributed by atoms with Gasteiger partial charge in [0.05, 0.1) is 0 Å². The molecule has 2 radical (unpaired) electrons. The molecule has 0 saturated heterocycles. The Morgan fingerprint density at radius 3 is 1.62 bits per heavy atom. The summed E-state index contributed by atoms with van der Waals surface area (Å²) in [7, 11) is 0. The van der Waals surface area contributed by atoms with Gasteiger partial charge in [0.15, 0.2) is 0 Å². The Balaban J connectivity index is 3.70. The maximum atomic E-state index is 10.6. The molecule has 0 aromatic carbocycles. The summed E-state index contributed by atoms with van der Waals surface area (Å²) in [5.74, 6) is -0.259. The van der Waals surface area contributed by atoms with E-state index in [4.69, 9.17) is 0 Å². The van der Waals surface area contributed by atoms with E-state index in [9.17, 15) is 9.59 Å². The smallest absolute Gasteiger partial charge is 0.217 e. The fourth-order valence-electron chi connectivity index (χ4n) is 1.04. The average molecular weight is 184 g/mol. The average Bonchev–Trinajstić information content (AvgIpc) is 1.80. The van der Waals surface area contributed by atoms with Crippen LogP contribution >= 0.6 is 0 Å². The van der Waals surface area contributed by atoms with E-state index in [0.29, 0.717) is 6.42 Å². The Bertz CT molecular complexity index is 172. The van der Waals surface area contributed by atoms with Crippen molar-refractivity contribution in [3.8, 4) is 0 Å². The molecule has 0 rings (SSSR count). The number of nitrogens with one attached hydrogen (secondary N) is 2. The lowest BCUT2D eigenvalue weighted by atomic mass is 10.1. The zero-order valence-electron chi connectivity index (χ0n) is 8.09. The second-order valence-electron chi connectivity index (χ2n) is 3.03. The highest BCUT2D eigenvalue weighted by atomic mass is 16.2. The second-order valence-corrected chi connectivity index (χ2v) is 3.03. The van der Waals surface area contributed by atoms with E-state index in [-0.39, 0.29) is 23.9 Å². The molecule has 2 amide bonds. The van der Waals surface area contributed by atoms with Crippen molar-refractivity contribution in [1.29, 1.82) is 0 Å². The largest absolute Gasteiger partial charge is 0.354 e. The van der Waals surface area contributed by atoms with Crippen molar-refractivity contribution < 1.29 is 9.59 Å². The maximum absolute atomic E-state index is 10.6. The standard InChI is InChI=1S/C9H16N2O2/c1-6(10-8(3)12)5-7(2)11-9(4)13/h6-7H,1-2,5H2,3-4H3,(H,10,12)(H,11,13). The Morgan fingerprint density at radius 1 is 1.08 bits per heavy atom. The van der Waals surface area contributed by atoms with Gasteiger partial charge in [-0.2, -0.15) is 0 Å². The van der Waals surface area contributed by atoms with Crippen LogP contribution in [0.1, 0.15) is 20.3 Å². The molecule has 0 aliphatic carbocycles. The van der Waals surface area contributed by atoms with Crippen molar-refractivity contribution >= 4 is 11.8 Å². The Hall–Kier alpha value is -1.06. The first-order valence-corrected chi connectivity index (χ1v) is 4.12. The lowest BCUT2D eigenvalue weighted by Gasteiger charge is -2.17. The number of rotatable bonds is 4. The van der Waals surface area contributed by atoms with Crippen LogP contribution in [0.4, 0.5) is 0 Å². The summed E-state index contributed by atoms with van der Waals surface area (Å²) in [5.41, 5.74) is 0. The molecule has 0 aromatic rings. The van der Waals surface area contributed by atoms with Crippen molar-refractivity contribution in [2.45, 2.75) is 32.4 Å². The Labute approximate surface area is 79.1 Å². The summed E-state index contributed by atoms with van der Waals surface area (Å²) in [6, 6.07) is -0.432. The van der Waals surface area contributed by atoms with Gasteiger partial charge >= 0.3 is 0 Å². The van der Waals surface area contributed by atoms with Gasteiger partial charge in [0, 0.05) is 25.9 Å². The molecule has 74 valence electrons. The van der Waals surface area contributed by atoms with Crippen molar-refractivity contribution in [1.82, 2.24) is 10.6 Å². The van der Waals surface area contributed by atoms with Gasteiger partial charge in [-0.1, -0.05) is 0 Å². The first-order valence-electron chi connectivity index (χ1n) is 4.12. The highest BCUT2D eigenvalue weighted by Gasteiger charge is 2.09. The first kappa shape index (κ1) is 11.9. The number of hydrogen-bond donors (Lipinski definition) is 2. The van der Waals surface area contributed by atoms with Crippen LogP contribution < -0.4 is 10.6 Å². The van der Waals surface area contributed by atoms with Crippen LogP contribution in [0.15, 0.2) is 0 Å². The van der Waals surface area contributed by atoms with Crippen LogP contribution in [0, 0.1) is 13.8 Å². The molecule has 4 heteroatoms. The molecule has 2 atom stereocenters. The van der Waals surface area contributed by atoms with E-state index in [0.717, 1.165) is 0 Å². The number of carbonyl (C=O) groups excluding carboxylic acids is 2. The predicted molar refractivity (Wildman–Crippen MR) is 50.5 cm³/mol. The minimum Gasteiger partial charge on any atom is -0.354 e. The zero-order chi connectivity index (χ0) is 10.4. The summed E-state index contributed by atoms with van der Waals surface area (Å²) >= 11 is 0. The van der Waals surface area contributed by atoms with E-state index in [1.54, 1.807) is 0 Å². The second kappa shape index (κ2) is 5.56. The molecule has 0 aromatic heterocycles. The van der Waals surface area contributed by atoms with E-state index in [2.05, 4.69) is 24.5 Å². The Morgan fingerprint density at radius 2 is 1.38 bits per heavy atom. The summed E-state index contributed by atoms with van der Waals surface area (Å²) in [4.78, 5) is 21.2. The van der Waals surface area contributed by atoms with Gasteiger partial charge in [0.1, 0.15) is 0 Å². The molecule has 0 aliphatic rings. The molecular formula is C9H16N2O2. The van der Waals surface area contributed by atoms with Crippen molar-refractivity contribution in [2.75, 3.05) is 0 Å². The number of amides is 2. The normalized spacial score (nSPS) is 14.5. The molecule has 2 N–H and O–H groups in total. The highest BCUT2D eigenvalue weighted by Crippen LogP contribution is 1.95. The third-order valence-electron chi connectivity index (χ3n) is 1.38. The molecule has 13 heavy (non-hydrogen) atoms. The lowest BCUT2D eigenvalue weighted by Crippen LogP contribution is -2.39. The minimum absolute atomic E-state index is 0.130. The van der Waals surface area contributed by atoms with Gasteiger partial charge in [-0.25, -0.2) is 0 Å². The molecule has 0 fully saturated rings. The van der Waals surface area contributed by atoms with E-state index < -0.39 is 0 Å². The summed E-state index contributed by atoms with van der Waals surface area (Å²) in [6.07, 6.45) is 0.527. The van der Waals surface area contributed by atoms with Crippen molar-refractivity contribution in [2.24, 2.45) is 0 Å². The quantitative estimate of drug-likeness (QED) is 0.648. The van der Waals surface area contributed by atoms with Gasteiger partial charge < -0.3 is 10.6 Å². The maximum Gasteiger partial charge on any atom is 0.217 e. The number of hydrogen-bond acceptors (Lipinski definition) is 2. The summed E-state index contributed by atoms with van der Waals surface area (Å²) < 4.78 is 0. The molecule has 0 spiro atoms. The van der Waals surface area contributed by atoms with E-state index >= 15 is 0 Å². The lowest BCUT2D eigenvalue weighted by molar-refractivity contribution is -0.119. The summed E-state index contributed by atoms with van der Waals surface area (Å²) in [6.45, 7) is 10.3. The van der Waals surface area contributed by atoms with Crippen LogP contribution in [0.2, 0.25) is 0 Å². The minimum atomic E-state index is -0.216. The van der Waals surface area contributed by atoms with Gasteiger partial charge in [0.2, 0.25) is 11.8 Å². The van der Waals surface area contributed by atoms with Crippen LogP contribution in [0.5, 0.6) is 0 Å². The van der Waals surface area contributed by atoms with Crippen molar-refractivity contribution in [3.05, 3.63) is 13.8 Å². The molecule has 0 aliphatic heterocycles. The van der Waals surface area contributed by atoms with Gasteiger partial charge in [-0.15, -0.1) is 0 Å². The Kier molecular flexibility index (Phi) is 5.11. The van der Waals surface area contributed by atoms with E-state index in [1.165, 1.54) is 13.8 Å². The van der Waals surface area contributed by atoms with Crippen LogP contribution in [-0.2, 0) is 9.59 Å². The summed E-state index contributed by atoms with van der Waals surface area (Å²) in [5, 5.41) is 5.21. The fraction of sp³-hybridized carbons (Fsp3) is 0.556. The zero-order valence-corrected chi connectivity index (χ0v) is 8.09. The van der Waals surface area contributed by atoms with Crippen LogP contribution in [-0.4, -0.2) is 23.9 Å². The molecule has 0 heterocycles. The molecule has 2 unspecified atom stereocenters. The first-order chi connectivity index (χ1) is 5.91. The molecule has 4 nitrogen and oxygen atoms in total. The fourth-order valence-corrected chi connectivity index (χ4v) is 1.04. The molecular weight excluding hydrogens is 168 g/mol. The van der Waals surface area contributed by atoms with Crippen LogP contribution in [0.25, 0.3) is 0 Å². The van der Waals surface area contributed by atoms with Gasteiger partial charge in [0.25, 0.3) is 0 Å². The topological polar surface area (TPSA) is 58.2 Å². The predicted octanol–water partition coefficient (Wildman–Crippen LogP) is 0.0541.